The molecule has 0 saturated heterocycles. The van der Waals surface area contributed by atoms with E-state index in [4.69, 9.17) is 11.6 Å². The molecule has 1 N–H and O–H groups in total. The number of hydrogen-bond donors (Lipinski definition) is 1. The Labute approximate surface area is 134 Å². The summed E-state index contributed by atoms with van der Waals surface area (Å²) in [7, 11) is 2.00. The number of hydrogen-bond acceptors (Lipinski definition) is 1. The molecule has 20 heavy (non-hydrogen) atoms. The Bertz CT molecular complexity index is 610. The summed E-state index contributed by atoms with van der Waals surface area (Å²) in [5.41, 5.74) is 5.25. The molecule has 0 spiro atoms. The lowest BCUT2D eigenvalue weighted by atomic mass is 9.95. The fraction of sp³-hybridized carbons (Fsp3) is 0.294. The van der Waals surface area contributed by atoms with E-state index in [9.17, 15) is 0 Å². The molecule has 2 rings (SSSR count). The van der Waals surface area contributed by atoms with Gasteiger partial charge in [-0.3, -0.25) is 0 Å². The Morgan fingerprint density at radius 1 is 1.15 bits per heavy atom. The van der Waals surface area contributed by atoms with Crippen LogP contribution in [0, 0.1) is 13.8 Å². The first-order valence-corrected chi connectivity index (χ1v) is 7.86. The molecule has 0 saturated carbocycles. The van der Waals surface area contributed by atoms with Crippen LogP contribution in [0.15, 0.2) is 40.9 Å². The van der Waals surface area contributed by atoms with Gasteiger partial charge in [-0.15, -0.1) is 0 Å². The molecule has 0 aliphatic carbocycles. The van der Waals surface area contributed by atoms with E-state index in [1.54, 1.807) is 0 Å². The second-order valence-corrected chi connectivity index (χ2v) is 6.43. The van der Waals surface area contributed by atoms with E-state index in [-0.39, 0.29) is 6.04 Å². The van der Waals surface area contributed by atoms with Crippen molar-refractivity contribution >= 4 is 27.5 Å². The highest BCUT2D eigenvalue weighted by molar-refractivity contribution is 9.10. The second kappa shape index (κ2) is 6.75. The predicted octanol–water partition coefficient (Wildman–Crippen LogP) is 5.22. The lowest BCUT2D eigenvalue weighted by Gasteiger charge is -2.20. The van der Waals surface area contributed by atoms with Crippen LogP contribution in [0.2, 0.25) is 5.02 Å². The van der Waals surface area contributed by atoms with Crippen LogP contribution in [0.1, 0.15) is 28.3 Å². The highest BCUT2D eigenvalue weighted by Crippen LogP contribution is 2.29. The molecule has 0 heterocycles. The van der Waals surface area contributed by atoms with Gasteiger partial charge in [-0.25, -0.2) is 0 Å². The topological polar surface area (TPSA) is 12.0 Å². The molecule has 2 aromatic rings. The van der Waals surface area contributed by atoms with E-state index in [1.807, 2.05) is 19.2 Å². The molecule has 0 aliphatic rings. The zero-order chi connectivity index (χ0) is 14.7. The van der Waals surface area contributed by atoms with E-state index in [0.29, 0.717) is 0 Å². The summed E-state index contributed by atoms with van der Waals surface area (Å²) in [5.74, 6) is 0. The summed E-state index contributed by atoms with van der Waals surface area (Å²) in [5, 5.41) is 4.15. The maximum Gasteiger partial charge on any atom is 0.0417 e. The Kier molecular flexibility index (Phi) is 5.25. The van der Waals surface area contributed by atoms with E-state index >= 15 is 0 Å². The first-order valence-electron chi connectivity index (χ1n) is 6.69. The van der Waals surface area contributed by atoms with Crippen LogP contribution in [0.25, 0.3) is 0 Å². The SMILES string of the molecule is CNC(Cc1cc(C)ccc1C)c1ccc(Cl)cc1Br. The van der Waals surface area contributed by atoms with Gasteiger partial charge in [0, 0.05) is 15.5 Å². The quantitative estimate of drug-likeness (QED) is 0.795. The summed E-state index contributed by atoms with van der Waals surface area (Å²) < 4.78 is 1.05. The number of halogens is 2. The first-order chi connectivity index (χ1) is 9.51. The van der Waals surface area contributed by atoms with Crippen molar-refractivity contribution in [1.29, 1.82) is 0 Å². The number of rotatable bonds is 4. The predicted molar refractivity (Wildman–Crippen MR) is 90.6 cm³/mol. The monoisotopic (exact) mass is 351 g/mol. The van der Waals surface area contributed by atoms with Gasteiger partial charge >= 0.3 is 0 Å². The van der Waals surface area contributed by atoms with Gasteiger partial charge in [0.25, 0.3) is 0 Å². The minimum absolute atomic E-state index is 0.266. The van der Waals surface area contributed by atoms with Crippen LogP contribution in [0.5, 0.6) is 0 Å². The molecule has 2 aromatic carbocycles. The fourth-order valence-corrected chi connectivity index (χ4v) is 3.35. The van der Waals surface area contributed by atoms with Gasteiger partial charge in [0.2, 0.25) is 0 Å². The van der Waals surface area contributed by atoms with Gasteiger partial charge in [0.05, 0.1) is 0 Å². The van der Waals surface area contributed by atoms with Crippen molar-refractivity contribution in [3.63, 3.8) is 0 Å². The summed E-state index contributed by atoms with van der Waals surface area (Å²) >= 11 is 9.63. The first kappa shape index (κ1) is 15.6. The highest BCUT2D eigenvalue weighted by atomic mass is 79.9. The Balaban J connectivity index is 2.31. The van der Waals surface area contributed by atoms with Crippen molar-refractivity contribution in [3.8, 4) is 0 Å². The summed E-state index contributed by atoms with van der Waals surface area (Å²) in [6.45, 7) is 4.30. The van der Waals surface area contributed by atoms with E-state index in [2.05, 4.69) is 59.4 Å². The lowest BCUT2D eigenvalue weighted by molar-refractivity contribution is 0.588. The largest absolute Gasteiger partial charge is 0.313 e. The van der Waals surface area contributed by atoms with Crippen molar-refractivity contribution < 1.29 is 0 Å². The molecule has 0 aliphatic heterocycles. The fourth-order valence-electron chi connectivity index (χ4n) is 2.39. The summed E-state index contributed by atoms with van der Waals surface area (Å²) in [6, 6.07) is 12.9. The van der Waals surface area contributed by atoms with Gasteiger partial charge in [-0.1, -0.05) is 57.4 Å². The van der Waals surface area contributed by atoms with E-state index < -0.39 is 0 Å². The zero-order valence-corrected chi connectivity index (χ0v) is 14.3. The minimum atomic E-state index is 0.266. The number of aryl methyl sites for hydroxylation is 2. The molecule has 0 bridgehead atoms. The van der Waals surface area contributed by atoms with Gasteiger partial charge < -0.3 is 5.32 Å². The third-order valence-electron chi connectivity index (χ3n) is 3.62. The molecule has 3 heteroatoms. The van der Waals surface area contributed by atoms with Crippen LogP contribution >= 0.6 is 27.5 Å². The standard InChI is InChI=1S/C17H19BrClN/c1-11-4-5-12(2)13(8-11)9-17(20-3)15-7-6-14(19)10-16(15)18/h4-8,10,17,20H,9H2,1-3H3. The minimum Gasteiger partial charge on any atom is -0.313 e. The Morgan fingerprint density at radius 3 is 2.55 bits per heavy atom. The number of benzene rings is 2. The van der Waals surface area contributed by atoms with E-state index in [0.717, 1.165) is 15.9 Å². The second-order valence-electron chi connectivity index (χ2n) is 5.14. The van der Waals surface area contributed by atoms with Gasteiger partial charge in [-0.2, -0.15) is 0 Å². The molecule has 0 fully saturated rings. The smallest absolute Gasteiger partial charge is 0.0417 e. The van der Waals surface area contributed by atoms with Crippen molar-refractivity contribution in [1.82, 2.24) is 5.32 Å². The van der Waals surface area contributed by atoms with Crippen LogP contribution in [-0.4, -0.2) is 7.05 Å². The molecular formula is C17H19BrClN. The molecule has 0 amide bonds. The normalized spacial score (nSPS) is 12.4. The van der Waals surface area contributed by atoms with Crippen molar-refractivity contribution in [2.45, 2.75) is 26.3 Å². The number of likely N-dealkylation sites (N-methyl/N-ethyl adjacent to an activating group) is 1. The average Bonchev–Trinajstić information content (AvgIpc) is 2.40. The van der Waals surface area contributed by atoms with Crippen LogP contribution < -0.4 is 5.32 Å². The van der Waals surface area contributed by atoms with Crippen molar-refractivity contribution in [2.24, 2.45) is 0 Å². The third-order valence-corrected chi connectivity index (χ3v) is 4.54. The molecule has 106 valence electrons. The summed E-state index contributed by atoms with van der Waals surface area (Å²) in [6.07, 6.45) is 0.963. The maximum atomic E-state index is 6.02. The Morgan fingerprint density at radius 2 is 1.90 bits per heavy atom. The highest BCUT2D eigenvalue weighted by Gasteiger charge is 2.14. The lowest BCUT2D eigenvalue weighted by Crippen LogP contribution is -2.19. The molecule has 1 nitrogen and oxygen atoms in total. The van der Waals surface area contributed by atoms with Crippen LogP contribution in [0.3, 0.4) is 0 Å². The van der Waals surface area contributed by atoms with Gasteiger partial charge in [-0.05, 0) is 56.1 Å². The Hall–Kier alpha value is -0.830. The van der Waals surface area contributed by atoms with E-state index in [1.165, 1.54) is 22.3 Å². The van der Waals surface area contributed by atoms with Crippen molar-refractivity contribution in [3.05, 3.63) is 68.1 Å². The maximum absolute atomic E-state index is 6.02. The molecular weight excluding hydrogens is 334 g/mol. The van der Waals surface area contributed by atoms with Crippen LogP contribution in [0.4, 0.5) is 0 Å². The zero-order valence-electron chi connectivity index (χ0n) is 12.0. The van der Waals surface area contributed by atoms with Gasteiger partial charge in [0.1, 0.15) is 0 Å². The molecule has 1 atom stereocenters. The molecule has 1 unspecified atom stereocenters. The van der Waals surface area contributed by atoms with Gasteiger partial charge in [0.15, 0.2) is 0 Å². The van der Waals surface area contributed by atoms with Crippen molar-refractivity contribution in [2.75, 3.05) is 7.05 Å². The number of nitrogens with one attached hydrogen (secondary N) is 1. The average molecular weight is 353 g/mol. The molecule has 0 radical (unpaired) electrons. The molecule has 0 aromatic heterocycles. The summed E-state index contributed by atoms with van der Waals surface area (Å²) in [4.78, 5) is 0. The van der Waals surface area contributed by atoms with Crippen LogP contribution in [-0.2, 0) is 6.42 Å². The third kappa shape index (κ3) is 3.63.